The summed E-state index contributed by atoms with van der Waals surface area (Å²) in [5, 5.41) is 5.69. The molecule has 0 unspecified atom stereocenters. The Balaban J connectivity index is 2.47. The third kappa shape index (κ3) is 3.62. The average Bonchev–Trinajstić information content (AvgIpc) is 2.15. The number of rotatable bonds is 3. The Hall–Kier alpha value is -1.29. The third-order valence-corrected chi connectivity index (χ3v) is 1.73. The van der Waals surface area contributed by atoms with Crippen LogP contribution in [0.5, 0.6) is 0 Å². The van der Waals surface area contributed by atoms with Crippen molar-refractivity contribution >= 4 is 23.3 Å². The molecule has 0 radical (unpaired) electrons. The molecule has 0 spiro atoms. The molecule has 0 aromatic carbocycles. The van der Waals surface area contributed by atoms with Crippen molar-refractivity contribution in [3.8, 4) is 0 Å². The zero-order chi connectivity index (χ0) is 10.4. The van der Waals surface area contributed by atoms with E-state index in [-0.39, 0.29) is 6.03 Å². The summed E-state index contributed by atoms with van der Waals surface area (Å²) < 4.78 is 0. The van der Waals surface area contributed by atoms with Crippen LogP contribution in [0.2, 0.25) is 5.15 Å². The van der Waals surface area contributed by atoms with E-state index >= 15 is 0 Å². The number of nitrogens with zero attached hydrogens (tertiary/aromatic N) is 1. The zero-order valence-corrected chi connectivity index (χ0v) is 8.64. The van der Waals surface area contributed by atoms with Crippen molar-refractivity contribution < 1.29 is 4.79 Å². The summed E-state index contributed by atoms with van der Waals surface area (Å²) in [6.07, 6.45) is 2.45. The van der Waals surface area contributed by atoms with Gasteiger partial charge in [0.15, 0.2) is 0 Å². The van der Waals surface area contributed by atoms with Crippen molar-refractivity contribution in [1.29, 1.82) is 0 Å². The second-order valence-electron chi connectivity index (χ2n) is 2.75. The lowest BCUT2D eigenvalue weighted by Crippen LogP contribution is -2.29. The average molecular weight is 214 g/mol. The number of amides is 2. The summed E-state index contributed by atoms with van der Waals surface area (Å²) in [5.41, 5.74) is 0.638. The molecule has 0 atom stereocenters. The van der Waals surface area contributed by atoms with Crippen LogP contribution >= 0.6 is 11.6 Å². The van der Waals surface area contributed by atoms with Gasteiger partial charge in [0.2, 0.25) is 0 Å². The number of hydrogen-bond acceptors (Lipinski definition) is 2. The molecule has 0 fully saturated rings. The second kappa shape index (κ2) is 5.44. The van der Waals surface area contributed by atoms with Gasteiger partial charge in [0, 0.05) is 18.4 Å². The Morgan fingerprint density at radius 3 is 3.07 bits per heavy atom. The van der Waals surface area contributed by atoms with Crippen LogP contribution in [-0.2, 0) is 0 Å². The lowest BCUT2D eigenvalue weighted by atomic mass is 10.4. The molecule has 76 valence electrons. The fraction of sp³-hybridized carbons (Fsp3) is 0.333. The number of nitrogens with one attached hydrogen (secondary N) is 2. The Labute approximate surface area is 87.7 Å². The van der Waals surface area contributed by atoms with E-state index in [2.05, 4.69) is 15.6 Å². The predicted octanol–water partition coefficient (Wildman–Crippen LogP) is 2.27. The highest BCUT2D eigenvalue weighted by Gasteiger charge is 2.00. The molecular formula is C9H12ClN3O. The maximum Gasteiger partial charge on any atom is 0.319 e. The molecule has 0 aliphatic heterocycles. The number of halogens is 1. The van der Waals surface area contributed by atoms with Crippen LogP contribution in [0.25, 0.3) is 0 Å². The standard InChI is InChI=1S/C9H12ClN3O/c1-2-4-12-9(14)13-7-3-5-11-8(10)6-7/h3,5-6H,2,4H2,1H3,(H2,11,12,13,14). The van der Waals surface area contributed by atoms with Crippen molar-refractivity contribution in [3.05, 3.63) is 23.5 Å². The first-order valence-corrected chi connectivity index (χ1v) is 4.76. The van der Waals surface area contributed by atoms with Crippen molar-refractivity contribution in [1.82, 2.24) is 10.3 Å². The summed E-state index contributed by atoms with van der Waals surface area (Å²) in [6, 6.07) is 3.04. The summed E-state index contributed by atoms with van der Waals surface area (Å²) in [5.74, 6) is 0. The lowest BCUT2D eigenvalue weighted by molar-refractivity contribution is 0.252. The van der Waals surface area contributed by atoms with Crippen molar-refractivity contribution in [2.24, 2.45) is 0 Å². The topological polar surface area (TPSA) is 54.0 Å². The molecule has 0 aliphatic carbocycles. The van der Waals surface area contributed by atoms with Gasteiger partial charge in [-0.1, -0.05) is 18.5 Å². The Morgan fingerprint density at radius 1 is 1.64 bits per heavy atom. The molecule has 14 heavy (non-hydrogen) atoms. The Morgan fingerprint density at radius 2 is 2.43 bits per heavy atom. The second-order valence-corrected chi connectivity index (χ2v) is 3.14. The van der Waals surface area contributed by atoms with Crippen LogP contribution in [0.1, 0.15) is 13.3 Å². The first kappa shape index (κ1) is 10.8. The van der Waals surface area contributed by atoms with Gasteiger partial charge >= 0.3 is 6.03 Å². The molecular weight excluding hydrogens is 202 g/mol. The van der Waals surface area contributed by atoms with Gasteiger partial charge in [-0.15, -0.1) is 0 Å². The SMILES string of the molecule is CCCNC(=O)Nc1ccnc(Cl)c1. The van der Waals surface area contributed by atoms with Crippen LogP contribution in [0.3, 0.4) is 0 Å². The minimum Gasteiger partial charge on any atom is -0.338 e. The van der Waals surface area contributed by atoms with Gasteiger partial charge in [0.05, 0.1) is 0 Å². The van der Waals surface area contributed by atoms with E-state index in [0.717, 1.165) is 6.42 Å². The molecule has 1 aromatic heterocycles. The normalized spacial score (nSPS) is 9.57. The molecule has 1 aromatic rings. The molecule has 0 saturated heterocycles. The van der Waals surface area contributed by atoms with Crippen LogP contribution in [0, 0.1) is 0 Å². The van der Waals surface area contributed by atoms with E-state index in [1.165, 1.54) is 6.20 Å². The van der Waals surface area contributed by atoms with Crippen molar-refractivity contribution in [2.75, 3.05) is 11.9 Å². The molecule has 2 N–H and O–H groups in total. The summed E-state index contributed by atoms with van der Waals surface area (Å²) in [4.78, 5) is 15.0. The molecule has 1 rings (SSSR count). The van der Waals surface area contributed by atoms with Gasteiger partial charge < -0.3 is 10.6 Å². The first-order valence-electron chi connectivity index (χ1n) is 4.38. The van der Waals surface area contributed by atoms with Gasteiger partial charge in [-0.05, 0) is 18.6 Å². The molecule has 4 nitrogen and oxygen atoms in total. The number of pyridine rings is 1. The smallest absolute Gasteiger partial charge is 0.319 e. The van der Waals surface area contributed by atoms with Crippen LogP contribution < -0.4 is 10.6 Å². The number of anilines is 1. The van der Waals surface area contributed by atoms with E-state index in [4.69, 9.17) is 11.6 Å². The highest BCUT2D eigenvalue weighted by atomic mass is 35.5. The number of hydrogen-bond donors (Lipinski definition) is 2. The van der Waals surface area contributed by atoms with E-state index < -0.39 is 0 Å². The fourth-order valence-electron chi connectivity index (χ4n) is 0.894. The largest absolute Gasteiger partial charge is 0.338 e. The van der Waals surface area contributed by atoms with Gasteiger partial charge in [-0.25, -0.2) is 9.78 Å². The highest BCUT2D eigenvalue weighted by Crippen LogP contribution is 2.11. The number of urea groups is 1. The third-order valence-electron chi connectivity index (χ3n) is 1.52. The zero-order valence-electron chi connectivity index (χ0n) is 7.88. The van der Waals surface area contributed by atoms with Crippen molar-refractivity contribution in [2.45, 2.75) is 13.3 Å². The predicted molar refractivity (Wildman–Crippen MR) is 56.6 cm³/mol. The molecule has 0 saturated carbocycles. The van der Waals surface area contributed by atoms with E-state index in [1.54, 1.807) is 12.1 Å². The van der Waals surface area contributed by atoms with Gasteiger partial charge in [-0.2, -0.15) is 0 Å². The molecule has 1 heterocycles. The maximum absolute atomic E-state index is 11.2. The lowest BCUT2D eigenvalue weighted by Gasteiger charge is -2.05. The minimum atomic E-state index is -0.228. The Bertz CT molecular complexity index is 317. The summed E-state index contributed by atoms with van der Waals surface area (Å²) >= 11 is 5.65. The molecule has 2 amide bonds. The summed E-state index contributed by atoms with van der Waals surface area (Å²) in [7, 11) is 0. The summed E-state index contributed by atoms with van der Waals surface area (Å²) in [6.45, 7) is 2.65. The van der Waals surface area contributed by atoms with E-state index in [9.17, 15) is 4.79 Å². The van der Waals surface area contributed by atoms with Gasteiger partial charge in [0.25, 0.3) is 0 Å². The monoisotopic (exact) mass is 213 g/mol. The van der Waals surface area contributed by atoms with Gasteiger partial charge in [-0.3, -0.25) is 0 Å². The number of carbonyl (C=O) groups excluding carboxylic acids is 1. The van der Waals surface area contributed by atoms with Crippen LogP contribution in [0.4, 0.5) is 10.5 Å². The minimum absolute atomic E-state index is 0.228. The van der Waals surface area contributed by atoms with Gasteiger partial charge in [0.1, 0.15) is 5.15 Å². The first-order chi connectivity index (χ1) is 6.72. The number of carbonyl (C=O) groups is 1. The molecule has 0 aliphatic rings. The Kier molecular flexibility index (Phi) is 4.19. The van der Waals surface area contributed by atoms with E-state index in [1.807, 2.05) is 6.92 Å². The molecule has 5 heteroatoms. The maximum atomic E-state index is 11.2. The highest BCUT2D eigenvalue weighted by molar-refractivity contribution is 6.29. The van der Waals surface area contributed by atoms with Crippen LogP contribution in [-0.4, -0.2) is 17.6 Å². The quantitative estimate of drug-likeness (QED) is 0.757. The van der Waals surface area contributed by atoms with E-state index in [0.29, 0.717) is 17.4 Å². The van der Waals surface area contributed by atoms with Crippen LogP contribution in [0.15, 0.2) is 18.3 Å². The van der Waals surface area contributed by atoms with Crippen molar-refractivity contribution in [3.63, 3.8) is 0 Å². The fourth-order valence-corrected chi connectivity index (χ4v) is 1.07. The number of aromatic nitrogens is 1. The molecule has 0 bridgehead atoms.